The number of likely N-dealkylation sites (tertiary alicyclic amines) is 1. The Bertz CT molecular complexity index is 1260. The number of hydrogen-bond donors (Lipinski definition) is 2. The largest absolute Gasteiger partial charge is 0.444 e. The summed E-state index contributed by atoms with van der Waals surface area (Å²) in [6, 6.07) is 7.99. The maximum absolute atomic E-state index is 13.1. The van der Waals surface area contributed by atoms with E-state index < -0.39 is 41.2 Å². The standard InChI is InChI=1S/C32H48N6O8/c1-31(2,3)45-29(42)35-17-14-23(15-18-35)36(30(43)46-32(4,5)6)19-16-26(39)33-34-27(40)25-13-12-24-20-37(25)28(41)38(24)44-21-22-10-8-7-9-11-22/h7-11,23-25H,12-21H2,1-6H3,(H,33,39)(H,34,40)/t24-,25-/m0/s1. The molecule has 3 aliphatic heterocycles. The molecule has 3 heterocycles. The summed E-state index contributed by atoms with van der Waals surface area (Å²) in [7, 11) is 0. The second-order valence-electron chi connectivity index (χ2n) is 13.9. The molecule has 3 saturated heterocycles. The Balaban J connectivity index is 1.26. The summed E-state index contributed by atoms with van der Waals surface area (Å²) >= 11 is 0. The molecule has 0 saturated carbocycles. The molecule has 0 spiro atoms. The minimum absolute atomic E-state index is 0.0527. The topological polar surface area (TPSA) is 150 Å². The lowest BCUT2D eigenvalue weighted by molar-refractivity contribution is -0.140. The zero-order chi connectivity index (χ0) is 33.6. The van der Waals surface area contributed by atoms with E-state index >= 15 is 0 Å². The van der Waals surface area contributed by atoms with Gasteiger partial charge in [-0.3, -0.25) is 25.3 Å². The number of hydrazine groups is 1. The van der Waals surface area contributed by atoms with Crippen LogP contribution in [0, 0.1) is 0 Å². The number of fused-ring (bicyclic) bond motifs is 2. The maximum atomic E-state index is 13.1. The number of piperidine rings is 2. The van der Waals surface area contributed by atoms with Crippen LogP contribution in [-0.4, -0.2) is 105 Å². The molecule has 1 aromatic rings. The number of amides is 6. The van der Waals surface area contributed by atoms with Crippen molar-refractivity contribution in [1.82, 2.24) is 30.6 Å². The Hall–Kier alpha value is -4.07. The molecule has 0 aliphatic carbocycles. The van der Waals surface area contributed by atoms with E-state index in [1.807, 2.05) is 51.1 Å². The highest BCUT2D eigenvalue weighted by molar-refractivity contribution is 5.90. The number of nitrogens with zero attached hydrogens (tertiary/aromatic N) is 4. The van der Waals surface area contributed by atoms with E-state index in [2.05, 4.69) is 10.9 Å². The molecular weight excluding hydrogens is 596 g/mol. The van der Waals surface area contributed by atoms with Gasteiger partial charge in [0.1, 0.15) is 23.9 Å². The SMILES string of the molecule is CC(C)(C)OC(=O)N1CCC(N(CCC(=O)NNC(=O)[C@@H]2CC[C@H]3CN2C(=O)N3OCc2ccccc2)C(=O)OC(C)(C)C)CC1. The average molecular weight is 645 g/mol. The lowest BCUT2D eigenvalue weighted by Gasteiger charge is -2.39. The van der Waals surface area contributed by atoms with Crippen LogP contribution in [0.1, 0.15) is 79.2 Å². The van der Waals surface area contributed by atoms with Crippen LogP contribution in [0.2, 0.25) is 0 Å². The van der Waals surface area contributed by atoms with Crippen molar-refractivity contribution in [3.05, 3.63) is 35.9 Å². The summed E-state index contributed by atoms with van der Waals surface area (Å²) in [6.07, 6.45) is 0.954. The predicted octanol–water partition coefficient (Wildman–Crippen LogP) is 3.56. The lowest BCUT2D eigenvalue weighted by atomic mass is 10.0. The summed E-state index contributed by atoms with van der Waals surface area (Å²) in [5.74, 6) is -0.995. The van der Waals surface area contributed by atoms with E-state index in [0.717, 1.165) is 5.56 Å². The number of urea groups is 1. The number of nitrogens with one attached hydrogen (secondary N) is 2. The summed E-state index contributed by atoms with van der Waals surface area (Å²) in [6.45, 7) is 12.2. The minimum Gasteiger partial charge on any atom is -0.444 e. The summed E-state index contributed by atoms with van der Waals surface area (Å²) in [4.78, 5) is 75.0. The van der Waals surface area contributed by atoms with Gasteiger partial charge in [0.2, 0.25) is 5.91 Å². The summed E-state index contributed by atoms with van der Waals surface area (Å²) in [5, 5.41) is 1.35. The molecule has 0 unspecified atom stereocenters. The van der Waals surface area contributed by atoms with Crippen LogP contribution in [0.5, 0.6) is 0 Å². The normalized spacial score (nSPS) is 20.3. The molecule has 2 bridgehead atoms. The highest BCUT2D eigenvalue weighted by atomic mass is 16.7. The minimum atomic E-state index is -0.747. The second kappa shape index (κ2) is 14.6. The fourth-order valence-electron chi connectivity index (χ4n) is 5.72. The first kappa shape index (κ1) is 34.8. The van der Waals surface area contributed by atoms with Gasteiger partial charge >= 0.3 is 18.2 Å². The van der Waals surface area contributed by atoms with Gasteiger partial charge < -0.3 is 24.2 Å². The van der Waals surface area contributed by atoms with Gasteiger partial charge in [-0.1, -0.05) is 30.3 Å². The Morgan fingerprint density at radius 2 is 1.54 bits per heavy atom. The van der Waals surface area contributed by atoms with Gasteiger partial charge in [0, 0.05) is 38.6 Å². The smallest absolute Gasteiger partial charge is 0.410 e. The van der Waals surface area contributed by atoms with E-state index in [9.17, 15) is 24.0 Å². The van der Waals surface area contributed by atoms with Gasteiger partial charge in [-0.05, 0) is 72.8 Å². The Kier molecular flexibility index (Phi) is 11.0. The number of ether oxygens (including phenoxy) is 2. The van der Waals surface area contributed by atoms with E-state index in [4.69, 9.17) is 14.3 Å². The van der Waals surface area contributed by atoms with Gasteiger partial charge in [-0.15, -0.1) is 0 Å². The monoisotopic (exact) mass is 644 g/mol. The number of benzene rings is 1. The molecule has 1 aromatic carbocycles. The van der Waals surface area contributed by atoms with Crippen molar-refractivity contribution in [3.8, 4) is 0 Å². The van der Waals surface area contributed by atoms with Crippen molar-refractivity contribution in [2.75, 3.05) is 26.2 Å². The molecule has 3 fully saturated rings. The zero-order valence-corrected chi connectivity index (χ0v) is 27.7. The summed E-state index contributed by atoms with van der Waals surface area (Å²) in [5.41, 5.74) is 4.46. The van der Waals surface area contributed by atoms with E-state index in [1.165, 1.54) is 14.9 Å². The van der Waals surface area contributed by atoms with Crippen LogP contribution in [0.4, 0.5) is 14.4 Å². The first-order chi connectivity index (χ1) is 21.6. The molecule has 6 amide bonds. The quantitative estimate of drug-likeness (QED) is 0.408. The van der Waals surface area contributed by atoms with Crippen LogP contribution in [0.25, 0.3) is 0 Å². The van der Waals surface area contributed by atoms with E-state index in [-0.39, 0.29) is 37.7 Å². The first-order valence-electron chi connectivity index (χ1n) is 15.9. The molecule has 46 heavy (non-hydrogen) atoms. The van der Waals surface area contributed by atoms with Crippen LogP contribution >= 0.6 is 0 Å². The van der Waals surface area contributed by atoms with E-state index in [1.54, 1.807) is 25.7 Å². The van der Waals surface area contributed by atoms with Crippen LogP contribution in [0.15, 0.2) is 30.3 Å². The zero-order valence-electron chi connectivity index (χ0n) is 27.7. The number of hydroxylamine groups is 2. The number of rotatable bonds is 8. The fourth-order valence-corrected chi connectivity index (χ4v) is 5.72. The lowest BCUT2D eigenvalue weighted by Crippen LogP contribution is -2.54. The molecule has 14 nitrogen and oxygen atoms in total. The Labute approximate surface area is 270 Å². The summed E-state index contributed by atoms with van der Waals surface area (Å²) < 4.78 is 11.1. The van der Waals surface area contributed by atoms with Gasteiger partial charge in [0.05, 0.1) is 6.04 Å². The van der Waals surface area contributed by atoms with Crippen molar-refractivity contribution in [2.45, 2.75) is 110 Å². The van der Waals surface area contributed by atoms with Gasteiger partial charge in [0.15, 0.2) is 0 Å². The average Bonchev–Trinajstić information content (AvgIpc) is 3.22. The molecule has 0 radical (unpaired) electrons. The van der Waals surface area contributed by atoms with Gasteiger partial charge in [-0.2, -0.15) is 5.06 Å². The molecule has 0 aromatic heterocycles. The third-order valence-corrected chi connectivity index (χ3v) is 7.93. The number of carbonyl (C=O) groups excluding carboxylic acids is 5. The number of hydrogen-bond acceptors (Lipinski definition) is 8. The molecular formula is C32H48N6O8. The molecule has 254 valence electrons. The van der Waals surface area contributed by atoms with Crippen LogP contribution in [0.3, 0.4) is 0 Å². The fraction of sp³-hybridized carbons (Fsp3) is 0.656. The third-order valence-electron chi connectivity index (χ3n) is 7.93. The Morgan fingerprint density at radius 1 is 0.891 bits per heavy atom. The van der Waals surface area contributed by atoms with Crippen molar-refractivity contribution in [1.29, 1.82) is 0 Å². The highest BCUT2D eigenvalue weighted by Crippen LogP contribution is 2.30. The van der Waals surface area contributed by atoms with Crippen LogP contribution < -0.4 is 10.9 Å². The number of carbonyl (C=O) groups is 5. The molecule has 2 N–H and O–H groups in total. The molecule has 14 heteroatoms. The molecule has 3 aliphatic rings. The van der Waals surface area contributed by atoms with Crippen molar-refractivity contribution in [2.24, 2.45) is 0 Å². The highest BCUT2D eigenvalue weighted by Gasteiger charge is 2.48. The van der Waals surface area contributed by atoms with Crippen molar-refractivity contribution < 1.29 is 38.3 Å². The maximum Gasteiger partial charge on any atom is 0.410 e. The van der Waals surface area contributed by atoms with Gasteiger partial charge in [0.25, 0.3) is 5.91 Å². The van der Waals surface area contributed by atoms with Gasteiger partial charge in [-0.25, -0.2) is 14.4 Å². The van der Waals surface area contributed by atoms with Crippen molar-refractivity contribution in [3.63, 3.8) is 0 Å². The second-order valence-corrected chi connectivity index (χ2v) is 13.9. The third kappa shape index (κ3) is 9.47. The van der Waals surface area contributed by atoms with E-state index in [0.29, 0.717) is 45.3 Å². The van der Waals surface area contributed by atoms with Crippen molar-refractivity contribution >= 4 is 30.0 Å². The molecule has 4 rings (SSSR count). The predicted molar refractivity (Wildman–Crippen MR) is 167 cm³/mol. The van der Waals surface area contributed by atoms with Crippen LogP contribution in [-0.2, 0) is 30.5 Å². The first-order valence-corrected chi connectivity index (χ1v) is 15.9. The molecule has 2 atom stereocenters. The Morgan fingerprint density at radius 3 is 2.17 bits per heavy atom.